The molecule has 2 heterocycles. The van der Waals surface area contributed by atoms with Gasteiger partial charge in [-0.2, -0.15) is 5.10 Å². The van der Waals surface area contributed by atoms with Crippen LogP contribution in [-0.2, 0) is 6.54 Å². The lowest BCUT2D eigenvalue weighted by Crippen LogP contribution is -2.61. The van der Waals surface area contributed by atoms with Gasteiger partial charge in [-0.1, -0.05) is 13.8 Å². The van der Waals surface area contributed by atoms with Crippen LogP contribution in [0, 0.1) is 5.92 Å². The fraction of sp³-hybridized carbons (Fsp3) is 0.824. The van der Waals surface area contributed by atoms with Crippen molar-refractivity contribution in [1.29, 1.82) is 0 Å². The van der Waals surface area contributed by atoms with Crippen LogP contribution in [0.5, 0.6) is 0 Å². The van der Waals surface area contributed by atoms with E-state index in [4.69, 9.17) is 5.10 Å². The van der Waals surface area contributed by atoms with Crippen LogP contribution in [0.25, 0.3) is 0 Å². The first-order valence-corrected chi connectivity index (χ1v) is 8.30. The lowest BCUT2D eigenvalue weighted by Gasteiger charge is -2.45. The van der Waals surface area contributed by atoms with E-state index >= 15 is 0 Å². The minimum Gasteiger partial charge on any atom is -0.309 e. The Hall–Kier alpha value is -0.870. The summed E-state index contributed by atoms with van der Waals surface area (Å²) in [4.78, 5) is 2.61. The van der Waals surface area contributed by atoms with Gasteiger partial charge in [-0.25, -0.2) is 0 Å². The van der Waals surface area contributed by atoms with Gasteiger partial charge in [0.1, 0.15) is 0 Å². The van der Waals surface area contributed by atoms with Crippen molar-refractivity contribution in [2.75, 3.05) is 13.1 Å². The van der Waals surface area contributed by atoms with Crippen molar-refractivity contribution in [3.63, 3.8) is 0 Å². The van der Waals surface area contributed by atoms with Gasteiger partial charge in [-0.3, -0.25) is 9.58 Å². The molecule has 1 aromatic rings. The molecule has 1 unspecified atom stereocenters. The summed E-state index contributed by atoms with van der Waals surface area (Å²) in [6.45, 7) is 16.7. The maximum Gasteiger partial charge on any atom is 0.0765 e. The topological polar surface area (TPSA) is 33.1 Å². The molecule has 0 aliphatic carbocycles. The van der Waals surface area contributed by atoms with Gasteiger partial charge in [-0.15, -0.1) is 0 Å². The molecule has 1 N–H and O–H groups in total. The van der Waals surface area contributed by atoms with Crippen molar-refractivity contribution >= 4 is 0 Å². The van der Waals surface area contributed by atoms with Crippen molar-refractivity contribution < 1.29 is 0 Å². The Bertz CT molecular complexity index is 447. The molecule has 1 aliphatic rings. The van der Waals surface area contributed by atoms with Crippen LogP contribution in [0.15, 0.2) is 12.3 Å². The summed E-state index contributed by atoms with van der Waals surface area (Å²) in [7, 11) is 0. The van der Waals surface area contributed by atoms with Crippen LogP contribution >= 0.6 is 0 Å². The molecule has 1 saturated heterocycles. The predicted molar refractivity (Wildman–Crippen MR) is 88.3 cm³/mol. The molecule has 4 heteroatoms. The first-order chi connectivity index (χ1) is 9.77. The molecule has 2 rings (SSSR count). The molecule has 1 atom stereocenters. The highest BCUT2D eigenvalue weighted by Crippen LogP contribution is 2.22. The van der Waals surface area contributed by atoms with Gasteiger partial charge in [0, 0.05) is 43.5 Å². The fourth-order valence-corrected chi connectivity index (χ4v) is 3.13. The molecule has 21 heavy (non-hydrogen) atoms. The zero-order valence-corrected chi connectivity index (χ0v) is 14.6. The summed E-state index contributed by atoms with van der Waals surface area (Å²) < 4.78 is 2.06. The lowest BCUT2D eigenvalue weighted by molar-refractivity contribution is 0.0746. The van der Waals surface area contributed by atoms with Crippen LogP contribution < -0.4 is 5.32 Å². The standard InChI is InChI=1S/C17H32N4/c1-13(2)9-16-10-18-17(5,6)12-20(16)11-15-7-8-21(19-15)14(3)4/h7-8,13-14,16,18H,9-12H2,1-6H3. The van der Waals surface area contributed by atoms with E-state index in [1.54, 1.807) is 0 Å². The van der Waals surface area contributed by atoms with Crippen LogP contribution in [0.4, 0.5) is 0 Å². The normalized spacial score (nSPS) is 23.1. The molecule has 0 amide bonds. The number of hydrogen-bond acceptors (Lipinski definition) is 3. The summed E-state index contributed by atoms with van der Waals surface area (Å²) >= 11 is 0. The van der Waals surface area contributed by atoms with E-state index in [1.807, 2.05) is 0 Å². The first kappa shape index (κ1) is 16.5. The number of hydrogen-bond donors (Lipinski definition) is 1. The monoisotopic (exact) mass is 292 g/mol. The average Bonchev–Trinajstić information content (AvgIpc) is 2.80. The van der Waals surface area contributed by atoms with E-state index in [-0.39, 0.29) is 5.54 Å². The summed E-state index contributed by atoms with van der Waals surface area (Å²) in [5, 5.41) is 8.41. The van der Waals surface area contributed by atoms with E-state index in [2.05, 4.69) is 68.7 Å². The second-order valence-corrected chi connectivity index (χ2v) is 7.83. The molecule has 4 nitrogen and oxygen atoms in total. The van der Waals surface area contributed by atoms with Crippen LogP contribution in [0.3, 0.4) is 0 Å². The van der Waals surface area contributed by atoms with Crippen molar-refractivity contribution in [3.8, 4) is 0 Å². The molecule has 0 saturated carbocycles. The Balaban J connectivity index is 2.07. The third-order valence-electron chi connectivity index (χ3n) is 4.23. The highest BCUT2D eigenvalue weighted by atomic mass is 15.3. The Morgan fingerprint density at radius 3 is 2.62 bits per heavy atom. The number of nitrogens with zero attached hydrogens (tertiary/aromatic N) is 3. The maximum absolute atomic E-state index is 4.72. The van der Waals surface area contributed by atoms with Gasteiger partial charge < -0.3 is 5.32 Å². The Morgan fingerprint density at radius 2 is 2.05 bits per heavy atom. The number of nitrogens with one attached hydrogen (secondary N) is 1. The highest BCUT2D eigenvalue weighted by molar-refractivity contribution is 5.02. The SMILES string of the molecule is CC(C)CC1CNC(C)(C)CN1Cc1ccn(C(C)C)n1. The average molecular weight is 292 g/mol. The van der Waals surface area contributed by atoms with Gasteiger partial charge in [0.2, 0.25) is 0 Å². The minimum atomic E-state index is 0.189. The second kappa shape index (κ2) is 6.49. The van der Waals surface area contributed by atoms with E-state index in [0.717, 1.165) is 25.6 Å². The van der Waals surface area contributed by atoms with Crippen molar-refractivity contribution in [2.24, 2.45) is 5.92 Å². The van der Waals surface area contributed by atoms with Crippen LogP contribution in [0.1, 0.15) is 59.7 Å². The minimum absolute atomic E-state index is 0.189. The summed E-state index contributed by atoms with van der Waals surface area (Å²) in [5.74, 6) is 0.730. The Kier molecular flexibility index (Phi) is 5.10. The maximum atomic E-state index is 4.72. The zero-order valence-electron chi connectivity index (χ0n) is 14.6. The van der Waals surface area contributed by atoms with Crippen LogP contribution in [0.2, 0.25) is 0 Å². The molecule has 120 valence electrons. The summed E-state index contributed by atoms with van der Waals surface area (Å²) in [6, 6.07) is 3.22. The molecule has 0 spiro atoms. The van der Waals surface area contributed by atoms with E-state index in [1.165, 1.54) is 12.1 Å². The predicted octanol–water partition coefficient (Wildman–Crippen LogP) is 3.06. The van der Waals surface area contributed by atoms with E-state index in [0.29, 0.717) is 12.1 Å². The summed E-state index contributed by atoms with van der Waals surface area (Å²) in [5.41, 5.74) is 1.38. The van der Waals surface area contributed by atoms with E-state index in [9.17, 15) is 0 Å². The van der Waals surface area contributed by atoms with Gasteiger partial charge in [0.15, 0.2) is 0 Å². The smallest absolute Gasteiger partial charge is 0.0765 e. The molecule has 1 fully saturated rings. The van der Waals surface area contributed by atoms with E-state index < -0.39 is 0 Å². The largest absolute Gasteiger partial charge is 0.309 e. The third-order valence-corrected chi connectivity index (χ3v) is 4.23. The molecule has 0 bridgehead atoms. The number of piperazine rings is 1. The Labute approximate surface area is 129 Å². The Morgan fingerprint density at radius 1 is 1.33 bits per heavy atom. The third kappa shape index (κ3) is 4.55. The van der Waals surface area contributed by atoms with Crippen LogP contribution in [-0.4, -0.2) is 39.4 Å². The molecule has 0 aromatic carbocycles. The molecule has 1 aliphatic heterocycles. The van der Waals surface area contributed by atoms with Crippen molar-refractivity contribution in [1.82, 2.24) is 20.0 Å². The number of aromatic nitrogens is 2. The lowest BCUT2D eigenvalue weighted by atomic mass is 9.94. The fourth-order valence-electron chi connectivity index (χ4n) is 3.13. The van der Waals surface area contributed by atoms with Gasteiger partial charge in [0.05, 0.1) is 5.69 Å². The molecule has 0 radical (unpaired) electrons. The van der Waals surface area contributed by atoms with Crippen molar-refractivity contribution in [3.05, 3.63) is 18.0 Å². The quantitative estimate of drug-likeness (QED) is 0.905. The van der Waals surface area contributed by atoms with Gasteiger partial charge in [-0.05, 0) is 46.1 Å². The molecule has 1 aromatic heterocycles. The first-order valence-electron chi connectivity index (χ1n) is 8.30. The zero-order chi connectivity index (χ0) is 15.6. The number of rotatable bonds is 5. The second-order valence-electron chi connectivity index (χ2n) is 7.83. The molecular weight excluding hydrogens is 260 g/mol. The van der Waals surface area contributed by atoms with Gasteiger partial charge in [0.25, 0.3) is 0 Å². The van der Waals surface area contributed by atoms with Gasteiger partial charge >= 0.3 is 0 Å². The highest BCUT2D eigenvalue weighted by Gasteiger charge is 2.32. The molecular formula is C17H32N4. The van der Waals surface area contributed by atoms with Crippen molar-refractivity contribution in [2.45, 2.75) is 72.1 Å². The summed E-state index contributed by atoms with van der Waals surface area (Å²) in [6.07, 6.45) is 3.35.